The number of hydrogen-bond donors (Lipinski definition) is 2. The first kappa shape index (κ1) is 10.5. The first-order valence-corrected chi connectivity index (χ1v) is 5.87. The van der Waals surface area contributed by atoms with E-state index in [1.807, 2.05) is 0 Å². The van der Waals surface area contributed by atoms with Crippen molar-refractivity contribution < 1.29 is 10.0 Å². The molecule has 0 spiro atoms. The molecular weight excluding hydrogens is 286 g/mol. The lowest BCUT2D eigenvalue weighted by Crippen LogP contribution is -2.28. The van der Waals surface area contributed by atoms with Crippen LogP contribution in [0.1, 0.15) is 0 Å². The Morgan fingerprint density at radius 1 is 1.36 bits per heavy atom. The van der Waals surface area contributed by atoms with Gasteiger partial charge < -0.3 is 10.0 Å². The summed E-state index contributed by atoms with van der Waals surface area (Å²) in [6, 6.07) is 3.51. The monoisotopic (exact) mass is 290 g/mol. The summed E-state index contributed by atoms with van der Waals surface area (Å²) >= 11 is 10.7. The maximum atomic E-state index is 9.08. The number of thiophene rings is 1. The van der Waals surface area contributed by atoms with Gasteiger partial charge >= 0.3 is 7.12 Å². The maximum absolute atomic E-state index is 9.08. The Labute approximate surface area is 98.4 Å². The van der Waals surface area contributed by atoms with Gasteiger partial charge in [-0.25, -0.2) is 0 Å². The minimum atomic E-state index is -1.43. The Balaban J connectivity index is 2.77. The molecule has 2 nitrogen and oxygen atoms in total. The van der Waals surface area contributed by atoms with Gasteiger partial charge in [-0.3, -0.25) is 0 Å². The number of rotatable bonds is 1. The molecule has 2 aromatic rings. The van der Waals surface area contributed by atoms with Gasteiger partial charge in [0, 0.05) is 10.2 Å². The molecule has 0 fully saturated rings. The number of hydrogen-bond acceptors (Lipinski definition) is 3. The standard InChI is InChI=1S/C8H5BBrClO2S/c10-7-6(11)2-1-4-5(9(12)13)3-14-8(4)7/h1-3,12-13H. The zero-order valence-corrected chi connectivity index (χ0v) is 10.0. The van der Waals surface area contributed by atoms with Gasteiger partial charge in [0.05, 0.1) is 9.50 Å². The van der Waals surface area contributed by atoms with Crippen molar-refractivity contribution in [2.45, 2.75) is 0 Å². The van der Waals surface area contributed by atoms with Gasteiger partial charge in [0.2, 0.25) is 0 Å². The molecular formula is C8H5BBrClO2S. The van der Waals surface area contributed by atoms with Gasteiger partial charge in [0.1, 0.15) is 0 Å². The Morgan fingerprint density at radius 3 is 2.71 bits per heavy atom. The highest BCUT2D eigenvalue weighted by Crippen LogP contribution is 2.33. The van der Waals surface area contributed by atoms with Gasteiger partial charge in [-0.05, 0) is 32.8 Å². The van der Waals surface area contributed by atoms with E-state index in [4.69, 9.17) is 21.6 Å². The molecule has 1 heterocycles. The van der Waals surface area contributed by atoms with E-state index in [0.29, 0.717) is 10.5 Å². The second kappa shape index (κ2) is 3.83. The van der Waals surface area contributed by atoms with Crippen LogP contribution in [0.4, 0.5) is 0 Å². The van der Waals surface area contributed by atoms with Crippen molar-refractivity contribution in [3.63, 3.8) is 0 Å². The van der Waals surface area contributed by atoms with E-state index >= 15 is 0 Å². The highest BCUT2D eigenvalue weighted by Gasteiger charge is 2.18. The van der Waals surface area contributed by atoms with E-state index in [1.54, 1.807) is 17.5 Å². The Morgan fingerprint density at radius 2 is 2.07 bits per heavy atom. The van der Waals surface area contributed by atoms with Crippen LogP contribution in [-0.2, 0) is 0 Å². The first-order valence-electron chi connectivity index (χ1n) is 3.82. The van der Waals surface area contributed by atoms with Crippen molar-refractivity contribution in [2.24, 2.45) is 0 Å². The van der Waals surface area contributed by atoms with Gasteiger partial charge in [-0.2, -0.15) is 0 Å². The quantitative estimate of drug-likeness (QED) is 0.789. The minimum Gasteiger partial charge on any atom is -0.423 e. The number of fused-ring (bicyclic) bond motifs is 1. The molecule has 14 heavy (non-hydrogen) atoms. The van der Waals surface area contributed by atoms with Crippen molar-refractivity contribution in [3.05, 3.63) is 27.0 Å². The van der Waals surface area contributed by atoms with E-state index in [0.717, 1.165) is 14.6 Å². The van der Waals surface area contributed by atoms with E-state index < -0.39 is 7.12 Å². The molecule has 0 radical (unpaired) electrons. The van der Waals surface area contributed by atoms with Gasteiger partial charge in [0.15, 0.2) is 0 Å². The molecule has 0 bridgehead atoms. The van der Waals surface area contributed by atoms with Crippen LogP contribution >= 0.6 is 38.9 Å². The zero-order chi connectivity index (χ0) is 10.3. The van der Waals surface area contributed by atoms with E-state index in [2.05, 4.69) is 15.9 Å². The lowest BCUT2D eigenvalue weighted by Gasteiger charge is -1.99. The van der Waals surface area contributed by atoms with Gasteiger partial charge in [-0.15, -0.1) is 11.3 Å². The Kier molecular flexibility index (Phi) is 2.86. The second-order valence-electron chi connectivity index (χ2n) is 2.80. The van der Waals surface area contributed by atoms with E-state index in [-0.39, 0.29) is 0 Å². The Hall–Kier alpha value is -0.0651. The fourth-order valence-corrected chi connectivity index (χ4v) is 3.12. The highest BCUT2D eigenvalue weighted by atomic mass is 79.9. The second-order valence-corrected chi connectivity index (χ2v) is 4.88. The van der Waals surface area contributed by atoms with Crippen LogP contribution in [0.5, 0.6) is 0 Å². The predicted molar refractivity (Wildman–Crippen MR) is 64.4 cm³/mol. The molecule has 0 aliphatic carbocycles. The highest BCUT2D eigenvalue weighted by molar-refractivity contribution is 9.10. The molecule has 6 heteroatoms. The Bertz CT molecular complexity index is 485. The summed E-state index contributed by atoms with van der Waals surface area (Å²) in [6.07, 6.45) is 0. The van der Waals surface area contributed by atoms with Crippen LogP contribution in [0.3, 0.4) is 0 Å². The summed E-state index contributed by atoms with van der Waals surface area (Å²) in [4.78, 5) is 0. The summed E-state index contributed by atoms with van der Waals surface area (Å²) < 4.78 is 1.73. The van der Waals surface area contributed by atoms with Crippen molar-refractivity contribution in [1.82, 2.24) is 0 Å². The zero-order valence-electron chi connectivity index (χ0n) is 6.87. The summed E-state index contributed by atoms with van der Waals surface area (Å²) in [5.74, 6) is 0. The van der Waals surface area contributed by atoms with Crippen LogP contribution < -0.4 is 5.46 Å². The molecule has 0 saturated heterocycles. The van der Waals surface area contributed by atoms with Gasteiger partial charge in [-0.1, -0.05) is 17.7 Å². The van der Waals surface area contributed by atoms with Crippen molar-refractivity contribution in [3.8, 4) is 0 Å². The van der Waals surface area contributed by atoms with Gasteiger partial charge in [0.25, 0.3) is 0 Å². The topological polar surface area (TPSA) is 40.5 Å². The third-order valence-electron chi connectivity index (χ3n) is 1.94. The molecule has 0 aliphatic heterocycles. The normalized spacial score (nSPS) is 10.9. The van der Waals surface area contributed by atoms with E-state index in [9.17, 15) is 0 Å². The summed E-state index contributed by atoms with van der Waals surface area (Å²) in [5.41, 5.74) is 0.516. The smallest absolute Gasteiger partial charge is 0.423 e. The van der Waals surface area contributed by atoms with Crippen LogP contribution in [0.25, 0.3) is 10.1 Å². The van der Waals surface area contributed by atoms with Crippen molar-refractivity contribution in [1.29, 1.82) is 0 Å². The maximum Gasteiger partial charge on any atom is 0.489 e. The molecule has 2 rings (SSSR count). The number of halogens is 2. The lowest BCUT2D eigenvalue weighted by atomic mass is 9.80. The third kappa shape index (κ3) is 1.59. The SMILES string of the molecule is OB(O)c1csc2c(Br)c(Cl)ccc12. The van der Waals surface area contributed by atoms with Crippen LogP contribution in [0.2, 0.25) is 5.02 Å². The van der Waals surface area contributed by atoms with Crippen LogP contribution in [-0.4, -0.2) is 17.2 Å². The predicted octanol–water partition coefficient (Wildman–Crippen LogP) is 2.00. The molecule has 0 unspecified atom stereocenters. The minimum absolute atomic E-state index is 0.516. The fraction of sp³-hybridized carbons (Fsp3) is 0. The summed E-state index contributed by atoms with van der Waals surface area (Å²) in [7, 11) is -1.43. The molecule has 2 N–H and O–H groups in total. The van der Waals surface area contributed by atoms with Crippen LogP contribution in [0.15, 0.2) is 22.0 Å². The average Bonchev–Trinajstić information content (AvgIpc) is 2.55. The molecule has 0 atom stereocenters. The van der Waals surface area contributed by atoms with E-state index in [1.165, 1.54) is 11.3 Å². The summed E-state index contributed by atoms with van der Waals surface area (Å²) in [6.45, 7) is 0. The molecule has 0 aliphatic rings. The molecule has 1 aromatic carbocycles. The largest absolute Gasteiger partial charge is 0.489 e. The first-order chi connectivity index (χ1) is 6.61. The third-order valence-corrected chi connectivity index (χ3v) is 4.60. The van der Waals surface area contributed by atoms with Crippen molar-refractivity contribution in [2.75, 3.05) is 0 Å². The number of benzene rings is 1. The fourth-order valence-electron chi connectivity index (χ4n) is 1.26. The molecule has 1 aromatic heterocycles. The molecule has 72 valence electrons. The summed E-state index contributed by atoms with van der Waals surface area (Å²) in [5, 5.41) is 21.3. The average molecular weight is 291 g/mol. The van der Waals surface area contributed by atoms with Crippen LogP contribution in [0, 0.1) is 0 Å². The van der Waals surface area contributed by atoms with Crippen molar-refractivity contribution >= 4 is 61.5 Å². The lowest BCUT2D eigenvalue weighted by molar-refractivity contribution is 0.426. The molecule has 0 amide bonds. The molecule has 0 saturated carbocycles.